The highest BCUT2D eigenvalue weighted by Crippen LogP contribution is 2.18. The van der Waals surface area contributed by atoms with Gasteiger partial charge in [-0.25, -0.2) is 9.59 Å². The van der Waals surface area contributed by atoms with E-state index in [1.165, 1.54) is 55.6 Å². The van der Waals surface area contributed by atoms with Gasteiger partial charge in [0.05, 0.1) is 23.2 Å². The molecule has 0 amide bonds. The van der Waals surface area contributed by atoms with Crippen molar-refractivity contribution in [3.63, 3.8) is 0 Å². The molecule has 2 rings (SSSR count). The van der Waals surface area contributed by atoms with Crippen LogP contribution in [0.25, 0.3) is 0 Å². The lowest BCUT2D eigenvalue weighted by molar-refractivity contribution is -0.384. The normalized spacial score (nSPS) is 9.86. The van der Waals surface area contributed by atoms with E-state index in [2.05, 4.69) is 4.74 Å². The van der Waals surface area contributed by atoms with E-state index < -0.39 is 16.9 Å². The number of rotatable bonds is 4. The zero-order valence-electron chi connectivity index (χ0n) is 11.5. The highest BCUT2D eigenvalue weighted by molar-refractivity contribution is 5.96. The Morgan fingerprint density at radius 2 is 1.59 bits per heavy atom. The summed E-state index contributed by atoms with van der Waals surface area (Å²) in [5.74, 6) is -1.08. The second kappa shape index (κ2) is 6.49. The van der Waals surface area contributed by atoms with E-state index in [1.54, 1.807) is 0 Å². The molecule has 0 saturated carbocycles. The van der Waals surface area contributed by atoms with E-state index in [1.807, 2.05) is 0 Å². The number of methoxy groups -OCH3 is 1. The van der Waals surface area contributed by atoms with Gasteiger partial charge >= 0.3 is 11.9 Å². The van der Waals surface area contributed by atoms with E-state index in [-0.39, 0.29) is 22.6 Å². The number of non-ortho nitro benzene ring substituents is 1. The molecule has 0 fully saturated rings. The predicted octanol–water partition coefficient (Wildman–Crippen LogP) is 2.60. The molecule has 0 heterocycles. The quantitative estimate of drug-likeness (QED) is 0.373. The Balaban J connectivity index is 2.15. The number of nitrogens with zero attached hydrogens (tertiary/aromatic N) is 1. The van der Waals surface area contributed by atoms with Gasteiger partial charge in [0, 0.05) is 12.1 Å². The Morgan fingerprint density at radius 1 is 1.00 bits per heavy atom. The molecule has 0 spiro atoms. The SMILES string of the molecule is COC(=O)c1cccc(C(=O)Oc2ccc([N+](=O)[O-])cc2)c1. The lowest BCUT2D eigenvalue weighted by atomic mass is 10.1. The molecule has 2 aromatic carbocycles. The number of ether oxygens (including phenoxy) is 2. The number of nitro benzene ring substituents is 1. The lowest BCUT2D eigenvalue weighted by Gasteiger charge is -2.05. The summed E-state index contributed by atoms with van der Waals surface area (Å²) in [5, 5.41) is 10.5. The predicted molar refractivity (Wildman–Crippen MR) is 75.8 cm³/mol. The third-order valence-electron chi connectivity index (χ3n) is 2.78. The number of carbonyl (C=O) groups is 2. The molecule has 7 nitrogen and oxygen atoms in total. The zero-order chi connectivity index (χ0) is 16.1. The van der Waals surface area contributed by atoms with E-state index in [0.717, 1.165) is 0 Å². The van der Waals surface area contributed by atoms with E-state index in [4.69, 9.17) is 4.74 Å². The Labute approximate surface area is 125 Å². The minimum Gasteiger partial charge on any atom is -0.465 e. The fourth-order valence-corrected chi connectivity index (χ4v) is 1.69. The van der Waals surface area contributed by atoms with Crippen LogP contribution in [0.1, 0.15) is 20.7 Å². The Morgan fingerprint density at radius 3 is 2.14 bits per heavy atom. The number of nitro groups is 1. The van der Waals surface area contributed by atoms with Crippen LogP contribution < -0.4 is 4.74 Å². The molecule has 0 unspecified atom stereocenters. The summed E-state index contributed by atoms with van der Waals surface area (Å²) in [6.07, 6.45) is 0. The average Bonchev–Trinajstić information content (AvgIpc) is 2.54. The maximum Gasteiger partial charge on any atom is 0.343 e. The van der Waals surface area contributed by atoms with Gasteiger partial charge in [-0.3, -0.25) is 10.1 Å². The Hall–Kier alpha value is -3.22. The summed E-state index contributed by atoms with van der Waals surface area (Å²) < 4.78 is 9.66. The minimum absolute atomic E-state index is 0.104. The van der Waals surface area contributed by atoms with Gasteiger partial charge in [-0.2, -0.15) is 0 Å². The van der Waals surface area contributed by atoms with Gasteiger partial charge in [0.25, 0.3) is 5.69 Å². The maximum absolute atomic E-state index is 12.0. The first-order valence-corrected chi connectivity index (χ1v) is 6.16. The lowest BCUT2D eigenvalue weighted by Crippen LogP contribution is -2.10. The molecule has 0 aliphatic heterocycles. The van der Waals surface area contributed by atoms with Crippen LogP contribution in [-0.2, 0) is 4.74 Å². The second-order valence-corrected chi connectivity index (χ2v) is 4.21. The van der Waals surface area contributed by atoms with Crippen LogP contribution in [0.2, 0.25) is 0 Å². The monoisotopic (exact) mass is 301 g/mol. The molecule has 0 aliphatic carbocycles. The Bertz CT molecular complexity index is 723. The van der Waals surface area contributed by atoms with Gasteiger partial charge in [0.15, 0.2) is 0 Å². The smallest absolute Gasteiger partial charge is 0.343 e. The molecule has 0 bridgehead atoms. The number of carbonyl (C=O) groups excluding carboxylic acids is 2. The summed E-state index contributed by atoms with van der Waals surface area (Å²) >= 11 is 0. The van der Waals surface area contributed by atoms with Gasteiger partial charge in [-0.15, -0.1) is 0 Å². The molecule has 0 atom stereocenters. The van der Waals surface area contributed by atoms with Gasteiger partial charge in [0.1, 0.15) is 5.75 Å². The third-order valence-corrected chi connectivity index (χ3v) is 2.78. The molecule has 2 aromatic rings. The van der Waals surface area contributed by atoms with Crippen molar-refractivity contribution in [2.24, 2.45) is 0 Å². The standard InChI is InChI=1S/C15H11NO6/c1-21-14(17)10-3-2-4-11(9-10)15(18)22-13-7-5-12(6-8-13)16(19)20/h2-9H,1H3. The van der Waals surface area contributed by atoms with Gasteiger partial charge in [-0.05, 0) is 30.3 Å². The molecule has 0 saturated heterocycles. The number of hydrogen-bond acceptors (Lipinski definition) is 6. The van der Waals surface area contributed by atoms with E-state index >= 15 is 0 Å². The molecule has 0 N–H and O–H groups in total. The maximum atomic E-state index is 12.0. The van der Waals surface area contributed by atoms with Crippen LogP contribution in [0.5, 0.6) is 5.75 Å². The second-order valence-electron chi connectivity index (χ2n) is 4.21. The van der Waals surface area contributed by atoms with Crippen LogP contribution in [0.3, 0.4) is 0 Å². The summed E-state index contributed by atoms with van der Waals surface area (Å²) in [7, 11) is 1.24. The van der Waals surface area contributed by atoms with Crippen molar-refractivity contribution in [2.75, 3.05) is 7.11 Å². The summed E-state index contributed by atoms with van der Waals surface area (Å²) in [4.78, 5) is 33.4. The van der Waals surface area contributed by atoms with Crippen molar-refractivity contribution in [1.29, 1.82) is 0 Å². The average molecular weight is 301 g/mol. The molecule has 7 heteroatoms. The van der Waals surface area contributed by atoms with Crippen LogP contribution >= 0.6 is 0 Å². The third kappa shape index (κ3) is 3.45. The van der Waals surface area contributed by atoms with Crippen molar-refractivity contribution in [3.05, 3.63) is 69.8 Å². The van der Waals surface area contributed by atoms with Crippen LogP contribution in [0.4, 0.5) is 5.69 Å². The minimum atomic E-state index is -0.681. The van der Waals surface area contributed by atoms with Crippen molar-refractivity contribution in [3.8, 4) is 5.75 Å². The van der Waals surface area contributed by atoms with Crippen molar-refractivity contribution >= 4 is 17.6 Å². The molecule has 0 aliphatic rings. The number of hydrogen-bond donors (Lipinski definition) is 0. The fourth-order valence-electron chi connectivity index (χ4n) is 1.69. The first kappa shape index (κ1) is 15.2. The first-order chi connectivity index (χ1) is 10.5. The molecule has 112 valence electrons. The molecule has 0 radical (unpaired) electrons. The van der Waals surface area contributed by atoms with Crippen LogP contribution in [0, 0.1) is 10.1 Å². The van der Waals surface area contributed by atoms with Gasteiger partial charge in [-0.1, -0.05) is 6.07 Å². The largest absolute Gasteiger partial charge is 0.465 e. The van der Waals surface area contributed by atoms with Gasteiger partial charge in [0.2, 0.25) is 0 Å². The fraction of sp³-hybridized carbons (Fsp3) is 0.0667. The topological polar surface area (TPSA) is 95.7 Å². The molecule has 22 heavy (non-hydrogen) atoms. The van der Waals surface area contributed by atoms with Crippen molar-refractivity contribution in [2.45, 2.75) is 0 Å². The summed E-state index contributed by atoms with van der Waals surface area (Å²) in [5.41, 5.74) is 0.286. The summed E-state index contributed by atoms with van der Waals surface area (Å²) in [6, 6.07) is 11.0. The first-order valence-electron chi connectivity index (χ1n) is 6.16. The summed E-state index contributed by atoms with van der Waals surface area (Å²) in [6.45, 7) is 0. The highest BCUT2D eigenvalue weighted by atomic mass is 16.6. The van der Waals surface area contributed by atoms with E-state index in [0.29, 0.717) is 0 Å². The highest BCUT2D eigenvalue weighted by Gasteiger charge is 2.13. The van der Waals surface area contributed by atoms with Gasteiger partial charge < -0.3 is 9.47 Å². The zero-order valence-corrected chi connectivity index (χ0v) is 11.5. The number of esters is 2. The molecular weight excluding hydrogens is 290 g/mol. The Kier molecular flexibility index (Phi) is 4.47. The molecule has 0 aromatic heterocycles. The van der Waals surface area contributed by atoms with Crippen LogP contribution in [-0.4, -0.2) is 24.0 Å². The van der Waals surface area contributed by atoms with E-state index in [9.17, 15) is 19.7 Å². The van der Waals surface area contributed by atoms with Crippen molar-refractivity contribution in [1.82, 2.24) is 0 Å². The van der Waals surface area contributed by atoms with Crippen LogP contribution in [0.15, 0.2) is 48.5 Å². The van der Waals surface area contributed by atoms with Crippen molar-refractivity contribution < 1.29 is 24.0 Å². The molecular formula is C15H11NO6. The number of benzene rings is 2.